The first-order valence-electron chi connectivity index (χ1n) is 14.2. The average Bonchev–Trinajstić information content (AvgIpc) is 2.99. The molecule has 1 saturated heterocycles. The van der Waals surface area contributed by atoms with Gasteiger partial charge in [-0.15, -0.1) is 0 Å². The molecular weight excluding hydrogens is 520 g/mol. The summed E-state index contributed by atoms with van der Waals surface area (Å²) in [6, 6.07) is 25.9. The van der Waals surface area contributed by atoms with Crippen LogP contribution in [0, 0.1) is 0 Å². The van der Waals surface area contributed by atoms with Crippen LogP contribution in [0.3, 0.4) is 0 Å². The zero-order valence-corrected chi connectivity index (χ0v) is 23.7. The minimum absolute atomic E-state index is 0.00639. The van der Waals surface area contributed by atoms with Gasteiger partial charge in [0.05, 0.1) is 18.8 Å². The van der Waals surface area contributed by atoms with Crippen LogP contribution in [0.4, 0.5) is 5.69 Å². The van der Waals surface area contributed by atoms with Crippen LogP contribution in [0.15, 0.2) is 78.9 Å². The summed E-state index contributed by atoms with van der Waals surface area (Å²) in [5.41, 5.74) is 4.65. The minimum atomic E-state index is -0.850. The summed E-state index contributed by atoms with van der Waals surface area (Å²) < 4.78 is 12.9. The summed E-state index contributed by atoms with van der Waals surface area (Å²) in [6.45, 7) is 2.90. The quantitative estimate of drug-likeness (QED) is 0.220. The van der Waals surface area contributed by atoms with Gasteiger partial charge in [0.1, 0.15) is 0 Å². The van der Waals surface area contributed by atoms with Crippen LogP contribution < -0.4 is 5.32 Å². The molecular formula is C33H40N2O6. The summed E-state index contributed by atoms with van der Waals surface area (Å²) in [5.74, 6) is -0.993. The smallest absolute Gasteiger partial charge is 0.303 e. The van der Waals surface area contributed by atoms with Crippen molar-refractivity contribution >= 4 is 17.6 Å². The van der Waals surface area contributed by atoms with Crippen LogP contribution in [0.5, 0.6) is 0 Å². The van der Waals surface area contributed by atoms with Gasteiger partial charge < -0.3 is 25.0 Å². The van der Waals surface area contributed by atoms with E-state index in [1.54, 1.807) is 0 Å². The number of carboxylic acids is 1. The molecule has 41 heavy (non-hydrogen) atoms. The van der Waals surface area contributed by atoms with Crippen LogP contribution in [0.25, 0.3) is 0 Å². The van der Waals surface area contributed by atoms with Crippen LogP contribution in [-0.2, 0) is 25.7 Å². The first kappa shape index (κ1) is 30.4. The molecule has 4 rings (SSSR count). The number of amides is 1. The average molecular weight is 561 g/mol. The van der Waals surface area contributed by atoms with Crippen molar-refractivity contribution in [3.63, 3.8) is 0 Å². The summed E-state index contributed by atoms with van der Waals surface area (Å²) >= 11 is 0. The van der Waals surface area contributed by atoms with E-state index in [1.807, 2.05) is 54.6 Å². The van der Waals surface area contributed by atoms with E-state index < -0.39 is 12.3 Å². The molecule has 1 amide bonds. The lowest BCUT2D eigenvalue weighted by atomic mass is 9.99. The number of anilines is 1. The second kappa shape index (κ2) is 14.9. The molecule has 1 aliphatic rings. The van der Waals surface area contributed by atoms with Gasteiger partial charge in [-0.3, -0.25) is 14.5 Å². The molecule has 1 heterocycles. The number of hydrogen-bond donors (Lipinski definition) is 3. The molecule has 0 aromatic heterocycles. The minimum Gasteiger partial charge on any atom is -0.481 e. The summed E-state index contributed by atoms with van der Waals surface area (Å²) in [4.78, 5) is 25.2. The lowest BCUT2D eigenvalue weighted by Gasteiger charge is -2.39. The molecule has 0 aliphatic carbocycles. The number of aliphatic hydroxyl groups is 1. The second-order valence-electron chi connectivity index (χ2n) is 10.6. The fourth-order valence-corrected chi connectivity index (χ4v) is 5.01. The summed E-state index contributed by atoms with van der Waals surface area (Å²) in [7, 11) is 2.11. The standard InChI is InChI=1S/C33H40N2O6/c1-23(25-8-4-3-5-9-25)35(2)21-29-20-30(26-14-12-24(22-36)13-15-26)41-33(40-29)27-16-18-28(19-17-27)34-31(37)10-6-7-11-32(38)39/h3-5,8-9,12-19,23,29-30,33,36H,6-7,10-11,20-22H2,1-2H3,(H,34,37)(H,38,39)/t23-,29-,30+,33+/m0/s1. The number of ether oxygens (including phenoxy) is 2. The number of nitrogens with one attached hydrogen (secondary N) is 1. The van der Waals surface area contributed by atoms with E-state index in [2.05, 4.69) is 48.5 Å². The van der Waals surface area contributed by atoms with Crippen molar-refractivity contribution in [2.45, 2.75) is 70.2 Å². The second-order valence-corrected chi connectivity index (χ2v) is 10.6. The molecule has 1 fully saturated rings. The number of carbonyl (C=O) groups excluding carboxylic acids is 1. The Morgan fingerprint density at radius 2 is 1.59 bits per heavy atom. The highest BCUT2D eigenvalue weighted by Crippen LogP contribution is 2.39. The number of nitrogens with zero attached hydrogens (tertiary/aromatic N) is 1. The Kier molecular flexibility index (Phi) is 11.0. The first-order chi connectivity index (χ1) is 19.8. The number of carbonyl (C=O) groups is 2. The molecule has 3 aromatic carbocycles. The summed E-state index contributed by atoms with van der Waals surface area (Å²) in [5, 5.41) is 21.1. The molecule has 218 valence electrons. The topological polar surface area (TPSA) is 108 Å². The molecule has 8 heteroatoms. The normalized spacial score (nSPS) is 19.6. The lowest BCUT2D eigenvalue weighted by Crippen LogP contribution is -2.38. The van der Waals surface area contributed by atoms with Crippen LogP contribution in [-0.4, -0.2) is 46.7 Å². The van der Waals surface area contributed by atoms with Crippen LogP contribution >= 0.6 is 0 Å². The maximum Gasteiger partial charge on any atom is 0.303 e. The number of aliphatic carboxylic acids is 1. The highest BCUT2D eigenvalue weighted by atomic mass is 16.7. The maximum absolute atomic E-state index is 12.3. The van der Waals surface area contributed by atoms with E-state index in [0.29, 0.717) is 24.9 Å². The Balaban J connectivity index is 1.44. The van der Waals surface area contributed by atoms with E-state index in [4.69, 9.17) is 14.6 Å². The zero-order valence-electron chi connectivity index (χ0n) is 23.7. The number of carboxylic acid groups (broad SMARTS) is 1. The van der Waals surface area contributed by atoms with Crippen molar-refractivity contribution in [2.75, 3.05) is 18.9 Å². The lowest BCUT2D eigenvalue weighted by molar-refractivity contribution is -0.253. The maximum atomic E-state index is 12.3. The summed E-state index contributed by atoms with van der Waals surface area (Å²) in [6.07, 6.45) is 1.18. The Morgan fingerprint density at radius 3 is 2.24 bits per heavy atom. The highest BCUT2D eigenvalue weighted by molar-refractivity contribution is 5.90. The third kappa shape index (κ3) is 8.96. The van der Waals surface area contributed by atoms with Gasteiger partial charge in [0.25, 0.3) is 0 Å². The molecule has 3 N–H and O–H groups in total. The van der Waals surface area contributed by atoms with Gasteiger partial charge >= 0.3 is 5.97 Å². The SMILES string of the molecule is C[C@@H](c1ccccc1)N(C)C[C@@H]1C[C@H](c2ccc(CO)cc2)O[C@H](c2ccc(NC(=O)CCCCC(=O)O)cc2)O1. The van der Waals surface area contributed by atoms with Gasteiger partial charge in [-0.1, -0.05) is 66.7 Å². The van der Waals surface area contributed by atoms with Crippen molar-refractivity contribution in [3.8, 4) is 0 Å². The Hall–Kier alpha value is -3.56. The van der Waals surface area contributed by atoms with Gasteiger partial charge in [0.2, 0.25) is 5.91 Å². The van der Waals surface area contributed by atoms with Gasteiger partial charge in [0, 0.05) is 43.1 Å². The molecule has 8 nitrogen and oxygen atoms in total. The monoisotopic (exact) mass is 560 g/mol. The van der Waals surface area contributed by atoms with E-state index in [-0.39, 0.29) is 43.6 Å². The van der Waals surface area contributed by atoms with Gasteiger partial charge in [-0.05, 0) is 55.6 Å². The fraction of sp³-hybridized carbons (Fsp3) is 0.394. The molecule has 3 aromatic rings. The first-order valence-corrected chi connectivity index (χ1v) is 14.2. The highest BCUT2D eigenvalue weighted by Gasteiger charge is 2.33. The number of hydrogen-bond acceptors (Lipinski definition) is 6. The van der Waals surface area contributed by atoms with Crippen molar-refractivity contribution in [2.24, 2.45) is 0 Å². The molecule has 0 unspecified atom stereocenters. The number of aliphatic hydroxyl groups excluding tert-OH is 1. The third-order valence-electron chi connectivity index (χ3n) is 7.56. The number of benzene rings is 3. The Morgan fingerprint density at radius 1 is 0.927 bits per heavy atom. The number of likely N-dealkylation sites (N-methyl/N-ethyl adjacent to an activating group) is 1. The molecule has 0 spiro atoms. The fourth-order valence-electron chi connectivity index (χ4n) is 5.01. The van der Waals surface area contributed by atoms with E-state index >= 15 is 0 Å². The largest absolute Gasteiger partial charge is 0.481 e. The Bertz CT molecular complexity index is 1250. The van der Waals surface area contributed by atoms with Gasteiger partial charge in [0.15, 0.2) is 6.29 Å². The van der Waals surface area contributed by atoms with E-state index in [1.165, 1.54) is 5.56 Å². The van der Waals surface area contributed by atoms with E-state index in [0.717, 1.165) is 23.2 Å². The van der Waals surface area contributed by atoms with E-state index in [9.17, 15) is 14.7 Å². The molecule has 0 bridgehead atoms. The molecule has 4 atom stereocenters. The molecule has 1 aliphatic heterocycles. The van der Waals surface area contributed by atoms with Crippen molar-refractivity contribution in [3.05, 3.63) is 101 Å². The van der Waals surface area contributed by atoms with Crippen molar-refractivity contribution in [1.29, 1.82) is 0 Å². The third-order valence-corrected chi connectivity index (χ3v) is 7.56. The molecule has 0 radical (unpaired) electrons. The molecule has 0 saturated carbocycles. The van der Waals surface area contributed by atoms with Gasteiger partial charge in [-0.2, -0.15) is 0 Å². The van der Waals surface area contributed by atoms with Crippen LogP contribution in [0.2, 0.25) is 0 Å². The predicted molar refractivity (Wildman–Crippen MR) is 157 cm³/mol. The number of unbranched alkanes of at least 4 members (excludes halogenated alkanes) is 1. The van der Waals surface area contributed by atoms with Crippen molar-refractivity contribution in [1.82, 2.24) is 4.90 Å². The van der Waals surface area contributed by atoms with Gasteiger partial charge in [-0.25, -0.2) is 0 Å². The zero-order chi connectivity index (χ0) is 29.2. The number of rotatable bonds is 13. The Labute approximate surface area is 241 Å². The van der Waals surface area contributed by atoms with Crippen LogP contribution in [0.1, 0.15) is 79.7 Å². The van der Waals surface area contributed by atoms with Crippen molar-refractivity contribution < 1.29 is 29.3 Å². The predicted octanol–water partition coefficient (Wildman–Crippen LogP) is 6.00.